The first-order chi connectivity index (χ1) is 10.7. The van der Waals surface area contributed by atoms with Crippen LogP contribution in [0.4, 0.5) is 0 Å². The van der Waals surface area contributed by atoms with Gasteiger partial charge in [-0.3, -0.25) is 4.90 Å². The minimum atomic E-state index is -0.164. The van der Waals surface area contributed by atoms with Gasteiger partial charge in [0.25, 0.3) is 0 Å². The van der Waals surface area contributed by atoms with Crippen molar-refractivity contribution in [2.75, 3.05) is 26.8 Å². The molecule has 2 heterocycles. The van der Waals surface area contributed by atoms with Crippen LogP contribution in [0.25, 0.3) is 0 Å². The second kappa shape index (κ2) is 6.64. The normalized spacial score (nSPS) is 19.3. The number of aryl methyl sites for hydroxylation is 1. The van der Waals surface area contributed by atoms with Crippen LogP contribution < -0.4 is 4.74 Å². The second-order valence-corrected chi connectivity index (χ2v) is 5.63. The molecule has 1 aromatic heterocycles. The highest BCUT2D eigenvalue weighted by Crippen LogP contribution is 2.26. The van der Waals surface area contributed by atoms with E-state index in [9.17, 15) is 0 Å². The van der Waals surface area contributed by atoms with Gasteiger partial charge in [-0.25, -0.2) is 0 Å². The molecule has 22 heavy (non-hydrogen) atoms. The zero-order valence-corrected chi connectivity index (χ0v) is 13.3. The number of hydrogen-bond donors (Lipinski definition) is 0. The van der Waals surface area contributed by atoms with Crippen LogP contribution in [0.5, 0.6) is 5.75 Å². The third-order valence-electron chi connectivity index (χ3n) is 3.64. The summed E-state index contributed by atoms with van der Waals surface area (Å²) in [5, 5.41) is 4.65. The molecule has 7 heteroatoms. The van der Waals surface area contributed by atoms with Crippen molar-refractivity contribution in [1.29, 1.82) is 0 Å². The first kappa shape index (κ1) is 15.3. The molecule has 0 aliphatic carbocycles. The Balaban J connectivity index is 1.67. The number of methoxy groups -OCH3 is 1. The van der Waals surface area contributed by atoms with Crippen molar-refractivity contribution >= 4 is 11.6 Å². The fourth-order valence-corrected chi connectivity index (χ4v) is 2.70. The molecule has 0 N–H and O–H groups in total. The summed E-state index contributed by atoms with van der Waals surface area (Å²) < 4.78 is 15.9. The van der Waals surface area contributed by atoms with Gasteiger partial charge in [-0.1, -0.05) is 22.8 Å². The summed E-state index contributed by atoms with van der Waals surface area (Å²) in [6.07, 6.45) is -0.164. The molecule has 1 saturated heterocycles. The quantitative estimate of drug-likeness (QED) is 0.862. The van der Waals surface area contributed by atoms with Crippen molar-refractivity contribution in [3.63, 3.8) is 0 Å². The molecule has 2 aromatic rings. The lowest BCUT2D eigenvalue weighted by molar-refractivity contribution is -0.0380. The number of rotatable bonds is 4. The average molecular weight is 324 g/mol. The van der Waals surface area contributed by atoms with Gasteiger partial charge in [-0.2, -0.15) is 4.98 Å². The van der Waals surface area contributed by atoms with Crippen LogP contribution in [0, 0.1) is 6.92 Å². The highest BCUT2D eigenvalue weighted by molar-refractivity contribution is 6.31. The molecule has 3 rings (SSSR count). The zero-order chi connectivity index (χ0) is 15.5. The van der Waals surface area contributed by atoms with Crippen LogP contribution in [0.15, 0.2) is 22.7 Å². The minimum absolute atomic E-state index is 0.164. The van der Waals surface area contributed by atoms with Crippen LogP contribution in [-0.4, -0.2) is 41.8 Å². The predicted octanol–water partition coefficient (Wildman–Crippen LogP) is 2.61. The molecular weight excluding hydrogens is 306 g/mol. The Morgan fingerprint density at radius 1 is 1.45 bits per heavy atom. The molecule has 0 saturated carbocycles. The molecule has 0 amide bonds. The van der Waals surface area contributed by atoms with E-state index in [2.05, 4.69) is 15.0 Å². The zero-order valence-electron chi connectivity index (χ0n) is 12.6. The average Bonchev–Trinajstić information content (AvgIpc) is 2.96. The van der Waals surface area contributed by atoms with Crippen LogP contribution in [-0.2, 0) is 11.3 Å². The molecule has 1 aliphatic rings. The molecule has 1 fully saturated rings. The first-order valence-corrected chi connectivity index (χ1v) is 7.50. The van der Waals surface area contributed by atoms with Crippen LogP contribution >= 0.6 is 11.6 Å². The van der Waals surface area contributed by atoms with Crippen LogP contribution in [0.3, 0.4) is 0 Å². The molecule has 1 atom stereocenters. The predicted molar refractivity (Wildman–Crippen MR) is 81.0 cm³/mol. The Bertz CT molecular complexity index is 647. The van der Waals surface area contributed by atoms with E-state index in [-0.39, 0.29) is 6.10 Å². The van der Waals surface area contributed by atoms with Crippen molar-refractivity contribution in [1.82, 2.24) is 15.0 Å². The van der Waals surface area contributed by atoms with Gasteiger partial charge in [0, 0.05) is 31.6 Å². The molecule has 118 valence electrons. The van der Waals surface area contributed by atoms with E-state index >= 15 is 0 Å². The second-order valence-electron chi connectivity index (χ2n) is 5.22. The Morgan fingerprint density at radius 2 is 2.32 bits per heavy atom. The van der Waals surface area contributed by atoms with Crippen molar-refractivity contribution < 1.29 is 14.0 Å². The Kier molecular flexibility index (Phi) is 4.61. The number of ether oxygens (including phenoxy) is 2. The Morgan fingerprint density at radius 3 is 3.00 bits per heavy atom. The highest BCUT2D eigenvalue weighted by atomic mass is 35.5. The van der Waals surface area contributed by atoms with E-state index in [4.69, 9.17) is 25.6 Å². The Labute approximate surface area is 134 Å². The molecule has 0 unspecified atom stereocenters. The van der Waals surface area contributed by atoms with Crippen LogP contribution in [0.2, 0.25) is 5.02 Å². The minimum Gasteiger partial charge on any atom is -0.497 e. The number of nitrogens with zero attached hydrogens (tertiary/aromatic N) is 3. The summed E-state index contributed by atoms with van der Waals surface area (Å²) in [6, 6.07) is 5.74. The standard InChI is InChI=1S/C15H18ClN3O3/c1-10-17-15(18-22-10)14-9-19(5-6-21-14)8-11-3-4-12(20-2)7-13(11)16/h3-4,7,14H,5-6,8-9H2,1-2H3/t14-/m0/s1. The number of aromatic nitrogens is 2. The van der Waals surface area contributed by atoms with Gasteiger partial charge in [0.2, 0.25) is 11.7 Å². The lowest BCUT2D eigenvalue weighted by Gasteiger charge is -2.31. The smallest absolute Gasteiger partial charge is 0.223 e. The number of benzene rings is 1. The van der Waals surface area contributed by atoms with Gasteiger partial charge in [-0.05, 0) is 17.7 Å². The van der Waals surface area contributed by atoms with E-state index in [0.29, 0.717) is 29.9 Å². The van der Waals surface area contributed by atoms with Crippen molar-refractivity contribution in [3.05, 3.63) is 40.5 Å². The molecular formula is C15H18ClN3O3. The summed E-state index contributed by atoms with van der Waals surface area (Å²) in [5.41, 5.74) is 1.06. The van der Waals surface area contributed by atoms with Crippen molar-refractivity contribution in [3.8, 4) is 5.75 Å². The van der Waals surface area contributed by atoms with E-state index in [1.165, 1.54) is 0 Å². The third-order valence-corrected chi connectivity index (χ3v) is 3.99. The molecule has 1 aromatic carbocycles. The maximum atomic E-state index is 6.31. The van der Waals surface area contributed by atoms with E-state index < -0.39 is 0 Å². The van der Waals surface area contributed by atoms with Gasteiger partial charge >= 0.3 is 0 Å². The monoisotopic (exact) mass is 323 g/mol. The van der Waals surface area contributed by atoms with Crippen LogP contribution in [0.1, 0.15) is 23.4 Å². The van der Waals surface area contributed by atoms with Crippen molar-refractivity contribution in [2.24, 2.45) is 0 Å². The molecule has 0 radical (unpaired) electrons. The fourth-order valence-electron chi connectivity index (χ4n) is 2.47. The summed E-state index contributed by atoms with van der Waals surface area (Å²) in [6.45, 7) is 4.71. The fraction of sp³-hybridized carbons (Fsp3) is 0.467. The topological polar surface area (TPSA) is 60.6 Å². The summed E-state index contributed by atoms with van der Waals surface area (Å²) in [7, 11) is 1.63. The summed E-state index contributed by atoms with van der Waals surface area (Å²) in [5.74, 6) is 1.91. The number of hydrogen-bond acceptors (Lipinski definition) is 6. The maximum Gasteiger partial charge on any atom is 0.223 e. The van der Waals surface area contributed by atoms with Crippen molar-refractivity contribution in [2.45, 2.75) is 19.6 Å². The molecule has 1 aliphatic heterocycles. The van der Waals surface area contributed by atoms with Gasteiger partial charge < -0.3 is 14.0 Å². The summed E-state index contributed by atoms with van der Waals surface area (Å²) in [4.78, 5) is 6.52. The largest absolute Gasteiger partial charge is 0.497 e. The number of morpholine rings is 1. The van der Waals surface area contributed by atoms with Gasteiger partial charge in [0.05, 0.1) is 13.7 Å². The molecule has 0 spiro atoms. The number of halogens is 1. The lowest BCUT2D eigenvalue weighted by atomic mass is 10.1. The summed E-state index contributed by atoms with van der Waals surface area (Å²) >= 11 is 6.31. The van der Waals surface area contributed by atoms with E-state index in [1.54, 1.807) is 14.0 Å². The van der Waals surface area contributed by atoms with E-state index in [1.807, 2.05) is 18.2 Å². The van der Waals surface area contributed by atoms with Gasteiger partial charge in [-0.15, -0.1) is 0 Å². The third kappa shape index (κ3) is 3.40. The molecule has 6 nitrogen and oxygen atoms in total. The van der Waals surface area contributed by atoms with Gasteiger partial charge in [0.15, 0.2) is 0 Å². The van der Waals surface area contributed by atoms with Gasteiger partial charge in [0.1, 0.15) is 11.9 Å². The maximum absolute atomic E-state index is 6.31. The highest BCUT2D eigenvalue weighted by Gasteiger charge is 2.26. The lowest BCUT2D eigenvalue weighted by Crippen LogP contribution is -2.38. The SMILES string of the molecule is COc1ccc(CN2CCO[C@H](c3noc(C)n3)C2)c(Cl)c1. The molecule has 0 bridgehead atoms. The van der Waals surface area contributed by atoms with E-state index in [0.717, 1.165) is 24.4 Å². The Hall–Kier alpha value is -1.63. The first-order valence-electron chi connectivity index (χ1n) is 7.12.